The van der Waals surface area contributed by atoms with Crippen molar-refractivity contribution in [2.75, 3.05) is 14.1 Å². The van der Waals surface area contributed by atoms with Crippen molar-refractivity contribution >= 4 is 5.84 Å². The van der Waals surface area contributed by atoms with Gasteiger partial charge in [0, 0.05) is 12.5 Å². The molecule has 1 saturated carbocycles. The van der Waals surface area contributed by atoms with E-state index in [1.807, 2.05) is 0 Å². The Balaban J connectivity index is 2.14. The van der Waals surface area contributed by atoms with E-state index in [0.717, 1.165) is 18.7 Å². The van der Waals surface area contributed by atoms with Gasteiger partial charge in [0.2, 0.25) is 0 Å². The number of hydroxylamine groups is 1. The van der Waals surface area contributed by atoms with Crippen LogP contribution < -0.4 is 5.48 Å². The molecule has 0 radical (unpaired) electrons. The van der Waals surface area contributed by atoms with Crippen molar-refractivity contribution in [2.24, 2.45) is 10.9 Å². The normalized spacial score (nSPS) is 35.2. The zero-order chi connectivity index (χ0) is 11.5. The molecular formula is C12H23N3O. The summed E-state index contributed by atoms with van der Waals surface area (Å²) >= 11 is 0. The SMILES string of the molecule is CN(C)C1CCCC2N=C(NO)CCCC21. The molecule has 4 nitrogen and oxygen atoms in total. The Labute approximate surface area is 97.7 Å². The summed E-state index contributed by atoms with van der Waals surface area (Å²) in [7, 11) is 4.35. The smallest absolute Gasteiger partial charge is 0.120 e. The number of amidine groups is 1. The van der Waals surface area contributed by atoms with E-state index in [0.29, 0.717) is 18.0 Å². The fourth-order valence-electron chi connectivity index (χ4n) is 3.26. The monoisotopic (exact) mass is 225 g/mol. The summed E-state index contributed by atoms with van der Waals surface area (Å²) in [6, 6.07) is 1.08. The maximum atomic E-state index is 8.99. The van der Waals surface area contributed by atoms with Crippen LogP contribution in [0.2, 0.25) is 0 Å². The van der Waals surface area contributed by atoms with Gasteiger partial charge in [0.1, 0.15) is 5.84 Å². The van der Waals surface area contributed by atoms with Crippen molar-refractivity contribution in [1.29, 1.82) is 0 Å². The molecule has 1 heterocycles. The third kappa shape index (κ3) is 2.38. The molecule has 16 heavy (non-hydrogen) atoms. The number of nitrogens with one attached hydrogen (secondary N) is 1. The van der Waals surface area contributed by atoms with Crippen LogP contribution in [0.4, 0.5) is 0 Å². The topological polar surface area (TPSA) is 47.9 Å². The summed E-state index contributed by atoms with van der Waals surface area (Å²) in [6.07, 6.45) is 7.00. The quantitative estimate of drug-likeness (QED) is 0.667. The van der Waals surface area contributed by atoms with Gasteiger partial charge in [-0.3, -0.25) is 15.7 Å². The van der Waals surface area contributed by atoms with Crippen molar-refractivity contribution < 1.29 is 5.21 Å². The molecule has 0 aromatic rings. The number of aliphatic imine (C=N–C) groups is 1. The molecule has 0 spiro atoms. The third-order valence-electron chi connectivity index (χ3n) is 4.05. The first-order valence-corrected chi connectivity index (χ1v) is 6.35. The highest BCUT2D eigenvalue weighted by Gasteiger charge is 2.35. The summed E-state index contributed by atoms with van der Waals surface area (Å²) in [5.74, 6) is 1.46. The first kappa shape index (κ1) is 11.9. The van der Waals surface area contributed by atoms with E-state index in [-0.39, 0.29) is 0 Å². The van der Waals surface area contributed by atoms with E-state index in [2.05, 4.69) is 29.5 Å². The van der Waals surface area contributed by atoms with Gasteiger partial charge in [-0.15, -0.1) is 0 Å². The largest absolute Gasteiger partial charge is 0.306 e. The van der Waals surface area contributed by atoms with Crippen LogP contribution in [0.1, 0.15) is 38.5 Å². The average molecular weight is 225 g/mol. The summed E-state index contributed by atoms with van der Waals surface area (Å²) in [5.41, 5.74) is 2.26. The molecule has 3 atom stereocenters. The van der Waals surface area contributed by atoms with Gasteiger partial charge in [0.05, 0.1) is 6.04 Å². The molecule has 3 unspecified atom stereocenters. The fraction of sp³-hybridized carbons (Fsp3) is 0.917. The van der Waals surface area contributed by atoms with Crippen LogP contribution in [0, 0.1) is 5.92 Å². The van der Waals surface area contributed by atoms with Crippen LogP contribution in [0.3, 0.4) is 0 Å². The molecule has 1 aliphatic heterocycles. The highest BCUT2D eigenvalue weighted by molar-refractivity contribution is 5.81. The number of hydrogen-bond acceptors (Lipinski definition) is 4. The summed E-state index contributed by atoms with van der Waals surface area (Å²) in [5, 5.41) is 8.99. The molecule has 2 aliphatic rings. The Kier molecular flexibility index (Phi) is 3.82. The van der Waals surface area contributed by atoms with E-state index in [1.54, 1.807) is 0 Å². The first-order valence-electron chi connectivity index (χ1n) is 6.35. The zero-order valence-corrected chi connectivity index (χ0v) is 10.3. The highest BCUT2D eigenvalue weighted by atomic mass is 16.5. The molecule has 2 N–H and O–H groups in total. The van der Waals surface area contributed by atoms with Gasteiger partial charge in [-0.25, -0.2) is 0 Å². The van der Waals surface area contributed by atoms with Crippen molar-refractivity contribution in [1.82, 2.24) is 10.4 Å². The zero-order valence-electron chi connectivity index (χ0n) is 10.3. The number of hydrogen-bond donors (Lipinski definition) is 2. The maximum Gasteiger partial charge on any atom is 0.120 e. The van der Waals surface area contributed by atoms with E-state index in [9.17, 15) is 0 Å². The van der Waals surface area contributed by atoms with Crippen molar-refractivity contribution in [3.63, 3.8) is 0 Å². The van der Waals surface area contributed by atoms with Gasteiger partial charge in [-0.05, 0) is 52.1 Å². The molecule has 2 rings (SSSR count). The van der Waals surface area contributed by atoms with Gasteiger partial charge in [0.25, 0.3) is 0 Å². The molecule has 0 aromatic carbocycles. The Morgan fingerprint density at radius 1 is 1.25 bits per heavy atom. The molecule has 0 bridgehead atoms. The molecular weight excluding hydrogens is 202 g/mol. The van der Waals surface area contributed by atoms with E-state index >= 15 is 0 Å². The van der Waals surface area contributed by atoms with Crippen LogP contribution in [0.15, 0.2) is 4.99 Å². The summed E-state index contributed by atoms with van der Waals surface area (Å²) in [6.45, 7) is 0. The fourth-order valence-corrected chi connectivity index (χ4v) is 3.26. The minimum Gasteiger partial charge on any atom is -0.306 e. The summed E-state index contributed by atoms with van der Waals surface area (Å²) < 4.78 is 0. The van der Waals surface area contributed by atoms with Gasteiger partial charge in [-0.2, -0.15) is 0 Å². The lowest BCUT2D eigenvalue weighted by atomic mass is 9.78. The van der Waals surface area contributed by atoms with Crippen LogP contribution in [-0.4, -0.2) is 42.1 Å². The van der Waals surface area contributed by atoms with Crippen molar-refractivity contribution in [3.8, 4) is 0 Å². The minimum atomic E-state index is 0.415. The van der Waals surface area contributed by atoms with Gasteiger partial charge < -0.3 is 4.90 Å². The Bertz CT molecular complexity index is 265. The number of rotatable bonds is 1. The molecule has 1 aliphatic carbocycles. The Morgan fingerprint density at radius 2 is 2.06 bits per heavy atom. The van der Waals surface area contributed by atoms with Crippen LogP contribution in [-0.2, 0) is 0 Å². The van der Waals surface area contributed by atoms with E-state index in [1.165, 1.54) is 25.7 Å². The molecule has 0 saturated heterocycles. The predicted octanol–water partition coefficient (Wildman–Crippen LogP) is 1.65. The van der Waals surface area contributed by atoms with Crippen LogP contribution in [0.5, 0.6) is 0 Å². The lowest BCUT2D eigenvalue weighted by Gasteiger charge is -2.39. The van der Waals surface area contributed by atoms with Gasteiger partial charge in [-0.1, -0.05) is 0 Å². The lowest BCUT2D eigenvalue weighted by Crippen LogP contribution is -2.43. The van der Waals surface area contributed by atoms with E-state index in [4.69, 9.17) is 5.21 Å². The first-order chi connectivity index (χ1) is 7.72. The van der Waals surface area contributed by atoms with Crippen molar-refractivity contribution in [2.45, 2.75) is 50.6 Å². The van der Waals surface area contributed by atoms with Gasteiger partial charge in [0.15, 0.2) is 0 Å². The molecule has 4 heteroatoms. The second kappa shape index (κ2) is 5.15. The Morgan fingerprint density at radius 3 is 2.75 bits per heavy atom. The maximum absolute atomic E-state index is 8.99. The second-order valence-electron chi connectivity index (χ2n) is 5.27. The Hall–Kier alpha value is -0.610. The van der Waals surface area contributed by atoms with Gasteiger partial charge >= 0.3 is 0 Å². The number of nitrogens with zero attached hydrogens (tertiary/aromatic N) is 2. The molecule has 92 valence electrons. The van der Waals surface area contributed by atoms with Crippen LogP contribution >= 0.6 is 0 Å². The van der Waals surface area contributed by atoms with Crippen molar-refractivity contribution in [3.05, 3.63) is 0 Å². The molecule has 1 fully saturated rings. The number of fused-ring (bicyclic) bond motifs is 1. The molecule has 0 amide bonds. The minimum absolute atomic E-state index is 0.415. The van der Waals surface area contributed by atoms with E-state index < -0.39 is 0 Å². The second-order valence-corrected chi connectivity index (χ2v) is 5.27. The lowest BCUT2D eigenvalue weighted by molar-refractivity contribution is 0.131. The average Bonchev–Trinajstić information content (AvgIpc) is 2.49. The molecule has 0 aromatic heterocycles. The predicted molar refractivity (Wildman–Crippen MR) is 64.8 cm³/mol. The van der Waals surface area contributed by atoms with Crippen LogP contribution in [0.25, 0.3) is 0 Å². The summed E-state index contributed by atoms with van der Waals surface area (Å²) in [4.78, 5) is 7.03. The third-order valence-corrected chi connectivity index (χ3v) is 4.05. The highest BCUT2D eigenvalue weighted by Crippen LogP contribution is 2.35. The standard InChI is InChI=1S/C12H23N3O/c1-15(2)11-7-4-6-10-9(11)5-3-8-12(13-10)14-16/h9-11,16H,3-8H2,1-2H3,(H,13,14).